The fourth-order valence-corrected chi connectivity index (χ4v) is 4.71. The standard InChI is InChI=1S/C33H48N6O3/c1-10-11-12-30(35)39(28-15-21(28)3)22(4)25(34)19-37-26-16-23(14-13-20(26)2)32(40)38-27-17-24(33(5,6)7)18-29(42-36-8)31(27)41-9/h13-14,16-19,21,28,35-37H,4,10-12,15,34H2,1-3,5-9H3,(H,38,40)/b25-19-,35-30?. The van der Waals surface area contributed by atoms with Crippen LogP contribution in [0.15, 0.2) is 54.5 Å². The van der Waals surface area contributed by atoms with E-state index in [9.17, 15) is 4.79 Å². The molecule has 2 aromatic rings. The molecule has 2 unspecified atom stereocenters. The molecule has 0 aliphatic heterocycles. The molecule has 3 rings (SSSR count). The zero-order chi connectivity index (χ0) is 31.2. The Morgan fingerprint density at radius 3 is 2.50 bits per heavy atom. The Labute approximate surface area is 251 Å². The molecule has 1 amide bonds. The highest BCUT2D eigenvalue weighted by molar-refractivity contribution is 6.06. The summed E-state index contributed by atoms with van der Waals surface area (Å²) in [5, 5.41) is 14.9. The van der Waals surface area contributed by atoms with Crippen LogP contribution in [0.25, 0.3) is 0 Å². The number of amides is 1. The summed E-state index contributed by atoms with van der Waals surface area (Å²) in [7, 11) is 3.21. The minimum Gasteiger partial charge on any atom is -0.491 e. The monoisotopic (exact) mass is 576 g/mol. The van der Waals surface area contributed by atoms with Gasteiger partial charge in [0, 0.05) is 37.0 Å². The number of nitrogens with two attached hydrogens (primary N) is 1. The maximum absolute atomic E-state index is 13.5. The van der Waals surface area contributed by atoms with E-state index in [2.05, 4.69) is 57.3 Å². The van der Waals surface area contributed by atoms with Crippen LogP contribution in [0, 0.1) is 18.3 Å². The average molecular weight is 577 g/mol. The molecule has 9 heteroatoms. The molecule has 6 N–H and O–H groups in total. The summed E-state index contributed by atoms with van der Waals surface area (Å²) < 4.78 is 5.61. The van der Waals surface area contributed by atoms with Crippen molar-refractivity contribution in [3.8, 4) is 11.5 Å². The molecule has 0 heterocycles. The zero-order valence-electron chi connectivity index (χ0n) is 26.4. The first-order valence-corrected chi connectivity index (χ1v) is 14.6. The maximum Gasteiger partial charge on any atom is 0.255 e. The van der Waals surface area contributed by atoms with Gasteiger partial charge in [-0.05, 0) is 66.5 Å². The molecular formula is C33H48N6O3. The molecule has 9 nitrogen and oxygen atoms in total. The lowest BCUT2D eigenvalue weighted by atomic mass is 9.86. The van der Waals surface area contributed by atoms with Gasteiger partial charge in [-0.2, -0.15) is 5.48 Å². The van der Waals surface area contributed by atoms with Crippen LogP contribution in [0.4, 0.5) is 11.4 Å². The van der Waals surface area contributed by atoms with E-state index >= 15 is 0 Å². The first-order valence-electron chi connectivity index (χ1n) is 14.6. The van der Waals surface area contributed by atoms with E-state index in [-0.39, 0.29) is 17.4 Å². The number of carbonyl (C=O) groups is 1. The van der Waals surface area contributed by atoms with Gasteiger partial charge in [-0.15, -0.1) is 0 Å². The fraction of sp³-hybridized carbons (Fsp3) is 0.455. The summed E-state index contributed by atoms with van der Waals surface area (Å²) in [6.07, 6.45) is 5.39. The molecule has 1 fully saturated rings. The smallest absolute Gasteiger partial charge is 0.255 e. The number of aryl methyl sites for hydroxylation is 1. The molecule has 0 aromatic heterocycles. The number of hydroxylamine groups is 1. The van der Waals surface area contributed by atoms with Crippen LogP contribution in [-0.4, -0.2) is 36.8 Å². The predicted molar refractivity (Wildman–Crippen MR) is 172 cm³/mol. The Morgan fingerprint density at radius 2 is 1.93 bits per heavy atom. The molecule has 2 atom stereocenters. The lowest BCUT2D eigenvalue weighted by Crippen LogP contribution is -2.34. The highest BCUT2D eigenvalue weighted by Crippen LogP contribution is 2.40. The van der Waals surface area contributed by atoms with Crippen molar-refractivity contribution < 1.29 is 14.4 Å². The van der Waals surface area contributed by atoms with Crippen molar-refractivity contribution in [2.75, 3.05) is 24.8 Å². The van der Waals surface area contributed by atoms with E-state index in [0.29, 0.717) is 52.3 Å². The number of unbranched alkanes of at least 4 members (excludes halogenated alkanes) is 1. The van der Waals surface area contributed by atoms with Gasteiger partial charge in [-0.3, -0.25) is 10.2 Å². The second kappa shape index (κ2) is 13.8. The van der Waals surface area contributed by atoms with Crippen LogP contribution in [0.3, 0.4) is 0 Å². The first kappa shape index (κ1) is 32.5. The van der Waals surface area contributed by atoms with Crippen molar-refractivity contribution >= 4 is 23.1 Å². The molecule has 42 heavy (non-hydrogen) atoms. The number of methoxy groups -OCH3 is 1. The third-order valence-electron chi connectivity index (χ3n) is 7.55. The van der Waals surface area contributed by atoms with Gasteiger partial charge in [-0.25, -0.2) is 0 Å². The van der Waals surface area contributed by atoms with Crippen molar-refractivity contribution in [3.05, 3.63) is 71.2 Å². The lowest BCUT2D eigenvalue weighted by Gasteiger charge is -2.28. The van der Waals surface area contributed by atoms with Gasteiger partial charge in [0.2, 0.25) is 0 Å². The van der Waals surface area contributed by atoms with E-state index in [1.165, 1.54) is 0 Å². The number of amidine groups is 1. The number of hydrogen-bond acceptors (Lipinski definition) is 7. The molecule has 0 bridgehead atoms. The Bertz CT molecular complexity index is 1340. The largest absolute Gasteiger partial charge is 0.491 e. The SMILES string of the molecule is C=C(/C(N)=C/Nc1cc(C(=O)Nc2cc(C(C)(C)C)cc(ONC)c2OC)ccc1C)N(C(=N)CCCC)C1CC1C. The van der Waals surface area contributed by atoms with E-state index in [1.807, 2.05) is 30.0 Å². The van der Waals surface area contributed by atoms with Crippen molar-refractivity contribution in [2.24, 2.45) is 11.7 Å². The van der Waals surface area contributed by atoms with Crippen molar-refractivity contribution in [1.82, 2.24) is 10.4 Å². The van der Waals surface area contributed by atoms with Crippen LogP contribution >= 0.6 is 0 Å². The molecule has 1 aliphatic carbocycles. The summed E-state index contributed by atoms with van der Waals surface area (Å²) >= 11 is 0. The summed E-state index contributed by atoms with van der Waals surface area (Å²) in [4.78, 5) is 21.0. The van der Waals surface area contributed by atoms with Crippen LogP contribution in [0.5, 0.6) is 11.5 Å². The predicted octanol–water partition coefficient (Wildman–Crippen LogP) is 6.67. The van der Waals surface area contributed by atoms with Gasteiger partial charge >= 0.3 is 0 Å². The zero-order valence-corrected chi connectivity index (χ0v) is 26.4. The summed E-state index contributed by atoms with van der Waals surface area (Å²) in [6, 6.07) is 9.51. The lowest BCUT2D eigenvalue weighted by molar-refractivity contribution is 0.102. The number of ether oxygens (including phenoxy) is 1. The molecule has 228 valence electrons. The fourth-order valence-electron chi connectivity index (χ4n) is 4.71. The van der Waals surface area contributed by atoms with Gasteiger partial charge in [0.1, 0.15) is 5.84 Å². The van der Waals surface area contributed by atoms with Crippen LogP contribution in [0.1, 0.15) is 81.8 Å². The first-order chi connectivity index (χ1) is 19.8. The molecule has 0 spiro atoms. The molecule has 0 saturated heterocycles. The Hall–Kier alpha value is -3.98. The third kappa shape index (κ3) is 7.85. The van der Waals surface area contributed by atoms with Crippen molar-refractivity contribution in [1.29, 1.82) is 5.41 Å². The number of nitrogens with zero attached hydrogens (tertiary/aromatic N) is 1. The maximum atomic E-state index is 13.5. The molecule has 0 radical (unpaired) electrons. The Morgan fingerprint density at radius 1 is 1.24 bits per heavy atom. The van der Waals surface area contributed by atoms with E-state index in [0.717, 1.165) is 36.1 Å². The van der Waals surface area contributed by atoms with E-state index in [4.69, 9.17) is 20.7 Å². The normalized spacial score (nSPS) is 16.4. The topological polar surface area (TPSA) is 125 Å². The van der Waals surface area contributed by atoms with Gasteiger partial charge < -0.3 is 30.8 Å². The number of nitrogens with one attached hydrogen (secondary N) is 4. The molecule has 1 aliphatic rings. The molecule has 2 aromatic carbocycles. The van der Waals surface area contributed by atoms with Gasteiger partial charge in [0.15, 0.2) is 11.5 Å². The van der Waals surface area contributed by atoms with Crippen LogP contribution in [-0.2, 0) is 5.41 Å². The Balaban J connectivity index is 1.83. The van der Waals surface area contributed by atoms with Gasteiger partial charge in [0.05, 0.1) is 24.2 Å². The number of hydrogen-bond donors (Lipinski definition) is 5. The summed E-state index contributed by atoms with van der Waals surface area (Å²) in [5.74, 6) is 1.66. The van der Waals surface area contributed by atoms with E-state index < -0.39 is 0 Å². The minimum absolute atomic E-state index is 0.184. The number of anilines is 2. The summed E-state index contributed by atoms with van der Waals surface area (Å²) in [5.41, 5.74) is 13.7. The second-order valence-corrected chi connectivity index (χ2v) is 12.0. The quantitative estimate of drug-likeness (QED) is 0.0780. The van der Waals surface area contributed by atoms with Crippen molar-refractivity contribution in [3.63, 3.8) is 0 Å². The van der Waals surface area contributed by atoms with Crippen LogP contribution in [0.2, 0.25) is 0 Å². The number of benzene rings is 2. The average Bonchev–Trinajstić information content (AvgIpc) is 3.65. The Kier molecular flexibility index (Phi) is 10.7. The van der Waals surface area contributed by atoms with Crippen LogP contribution < -0.4 is 31.4 Å². The number of rotatable bonds is 13. The molecular weight excluding hydrogens is 528 g/mol. The second-order valence-electron chi connectivity index (χ2n) is 12.0. The highest BCUT2D eigenvalue weighted by atomic mass is 16.7. The molecule has 1 saturated carbocycles. The van der Waals surface area contributed by atoms with Gasteiger partial charge in [-0.1, -0.05) is 53.7 Å². The summed E-state index contributed by atoms with van der Waals surface area (Å²) in [6.45, 7) is 16.8. The highest BCUT2D eigenvalue weighted by Gasteiger charge is 2.40. The third-order valence-corrected chi connectivity index (χ3v) is 7.55. The minimum atomic E-state index is -0.294. The number of carbonyl (C=O) groups excluding carboxylic acids is 1. The van der Waals surface area contributed by atoms with E-state index in [1.54, 1.807) is 32.5 Å². The van der Waals surface area contributed by atoms with Gasteiger partial charge in [0.25, 0.3) is 5.91 Å². The van der Waals surface area contributed by atoms with Crippen molar-refractivity contribution in [2.45, 2.75) is 78.7 Å².